The lowest BCUT2D eigenvalue weighted by atomic mass is 9.94. The first kappa shape index (κ1) is 51.2. The summed E-state index contributed by atoms with van der Waals surface area (Å²) >= 11 is 1.75. The minimum atomic E-state index is -0.321. The monoisotopic (exact) mass is 1110 g/mol. The van der Waals surface area contributed by atoms with Gasteiger partial charge in [-0.2, -0.15) is 0 Å². The largest absolute Gasteiger partial charge is 0.307 e. The highest BCUT2D eigenvalue weighted by Gasteiger charge is 2.28. The van der Waals surface area contributed by atoms with E-state index in [1.54, 1.807) is 11.3 Å². The van der Waals surface area contributed by atoms with E-state index in [0.29, 0.717) is 22.5 Å². The summed E-state index contributed by atoms with van der Waals surface area (Å²) in [4.78, 5) is 4.23. The maximum Gasteiger partial charge on any atom is 0.155 e. The third-order valence-electron chi connectivity index (χ3n) is 16.4. The molecular formula is C80H52F2N2S. The maximum absolute atomic E-state index is 18.3. The van der Waals surface area contributed by atoms with E-state index < -0.39 is 0 Å². The quantitative estimate of drug-likeness (QED) is 0.113. The molecule has 0 saturated carbocycles. The summed E-state index contributed by atoms with van der Waals surface area (Å²) in [5.41, 5.74) is 14.6. The molecule has 0 unspecified atom stereocenters. The van der Waals surface area contributed by atoms with Crippen LogP contribution < -0.4 is 9.80 Å². The van der Waals surface area contributed by atoms with Crippen LogP contribution in [0.3, 0.4) is 0 Å². The Morgan fingerprint density at radius 1 is 0.235 bits per heavy atom. The number of hydrogen-bond donors (Lipinski definition) is 0. The molecule has 0 aliphatic carbocycles. The number of rotatable bonds is 12. The first-order valence-corrected chi connectivity index (χ1v) is 29.4. The van der Waals surface area contributed by atoms with Crippen LogP contribution in [0, 0.1) is 11.6 Å². The van der Waals surface area contributed by atoms with Gasteiger partial charge < -0.3 is 9.80 Å². The molecule has 1 aromatic heterocycles. The van der Waals surface area contributed by atoms with Gasteiger partial charge in [-0.1, -0.05) is 255 Å². The van der Waals surface area contributed by atoms with Crippen LogP contribution in [0.25, 0.3) is 108 Å². The molecule has 0 radical (unpaired) electrons. The Morgan fingerprint density at radius 3 is 1.06 bits per heavy atom. The number of benzene rings is 14. The lowest BCUT2D eigenvalue weighted by Gasteiger charge is -2.30. The minimum Gasteiger partial charge on any atom is -0.307 e. The van der Waals surface area contributed by atoms with Gasteiger partial charge >= 0.3 is 0 Å². The Balaban J connectivity index is 0.966. The summed E-state index contributed by atoms with van der Waals surface area (Å²) in [6.45, 7) is 0. The Morgan fingerprint density at radius 2 is 0.600 bits per heavy atom. The molecule has 0 atom stereocenters. The summed E-state index contributed by atoms with van der Waals surface area (Å²) < 4.78 is 38.7. The molecule has 15 rings (SSSR count). The van der Waals surface area contributed by atoms with E-state index in [9.17, 15) is 0 Å². The number of anilines is 6. The van der Waals surface area contributed by atoms with Gasteiger partial charge in [0, 0.05) is 59.2 Å². The number of hydrogen-bond acceptors (Lipinski definition) is 3. The highest BCUT2D eigenvalue weighted by atomic mass is 32.1. The molecule has 85 heavy (non-hydrogen) atoms. The molecule has 1 heterocycles. The normalized spacial score (nSPS) is 11.4. The zero-order valence-electron chi connectivity index (χ0n) is 46.1. The van der Waals surface area contributed by atoms with E-state index in [4.69, 9.17) is 0 Å². The second kappa shape index (κ2) is 21.9. The Bertz CT molecular complexity index is 4950. The van der Waals surface area contributed by atoms with E-state index in [0.717, 1.165) is 120 Å². The zero-order valence-corrected chi connectivity index (χ0v) is 46.9. The highest BCUT2D eigenvalue weighted by Crippen LogP contribution is 2.52. The van der Waals surface area contributed by atoms with Gasteiger partial charge in [0.05, 0.1) is 22.7 Å². The molecule has 0 aliphatic rings. The number of thiophene rings is 1. The third-order valence-corrected chi connectivity index (χ3v) is 17.5. The van der Waals surface area contributed by atoms with Crippen molar-refractivity contribution in [2.24, 2.45) is 0 Å². The van der Waals surface area contributed by atoms with Crippen molar-refractivity contribution in [1.29, 1.82) is 0 Å². The summed E-state index contributed by atoms with van der Waals surface area (Å²) in [7, 11) is 0. The predicted molar refractivity (Wildman–Crippen MR) is 356 cm³/mol. The topological polar surface area (TPSA) is 6.48 Å². The van der Waals surface area contributed by atoms with Crippen molar-refractivity contribution in [3.8, 4) is 66.8 Å². The van der Waals surface area contributed by atoms with Crippen molar-refractivity contribution >= 4 is 87.2 Å². The summed E-state index contributed by atoms with van der Waals surface area (Å²) in [6, 6.07) is 107. The fourth-order valence-electron chi connectivity index (χ4n) is 12.4. The van der Waals surface area contributed by atoms with Crippen molar-refractivity contribution in [2.75, 3.05) is 9.80 Å². The Labute approximate surface area is 496 Å². The lowest BCUT2D eigenvalue weighted by molar-refractivity contribution is 0.632. The second-order valence-electron chi connectivity index (χ2n) is 21.4. The van der Waals surface area contributed by atoms with Crippen LogP contribution >= 0.6 is 11.3 Å². The third kappa shape index (κ3) is 9.28. The van der Waals surface area contributed by atoms with Crippen molar-refractivity contribution in [1.82, 2.24) is 0 Å². The molecule has 0 bridgehead atoms. The molecule has 5 heteroatoms. The van der Waals surface area contributed by atoms with Crippen LogP contribution in [0.4, 0.5) is 42.9 Å². The maximum atomic E-state index is 18.3. The Kier molecular flexibility index (Phi) is 13.2. The van der Waals surface area contributed by atoms with Crippen LogP contribution in [0.2, 0.25) is 0 Å². The zero-order chi connectivity index (χ0) is 56.8. The van der Waals surface area contributed by atoms with Gasteiger partial charge in [-0.25, -0.2) is 8.78 Å². The molecule has 0 amide bonds. The van der Waals surface area contributed by atoms with Crippen LogP contribution in [-0.4, -0.2) is 0 Å². The standard InChI is InChI=1S/C80H52F2N2S/c81-78-69(57-33-15-5-16-34-57)47-59(53-25-7-1-8-26-53)49-74(78)83(72-41-23-21-37-63(72)55-29-11-3-12-30-55)61-43-45-67-71(51-61)65-39-19-20-40-66(65)77-68-46-44-62(52-76(68)85-80(67)77)84(73-42-24-22-38-64(73)56-31-13-4-14-32-56)75-50-60(54-27-9-2-10-28-54)48-70(79(75)82)58-35-17-6-18-36-58/h1-52H. The molecule has 2 nitrogen and oxygen atoms in total. The molecule has 0 N–H and O–H groups in total. The Hall–Kier alpha value is -10.7. The molecule has 0 fully saturated rings. The first-order valence-electron chi connectivity index (χ1n) is 28.6. The highest BCUT2D eigenvalue weighted by molar-refractivity contribution is 7.27. The molecular weight excluding hydrogens is 1060 g/mol. The van der Waals surface area contributed by atoms with Crippen molar-refractivity contribution in [2.45, 2.75) is 0 Å². The first-order chi connectivity index (χ1) is 42.0. The summed E-state index contributed by atoms with van der Waals surface area (Å²) in [5.74, 6) is -0.640. The molecule has 0 aliphatic heterocycles. The predicted octanol–water partition coefficient (Wildman–Crippen LogP) is 23.6. The fourth-order valence-corrected chi connectivity index (χ4v) is 13.7. The van der Waals surface area contributed by atoms with Crippen LogP contribution in [0.1, 0.15) is 0 Å². The smallest absolute Gasteiger partial charge is 0.155 e. The van der Waals surface area contributed by atoms with Crippen molar-refractivity contribution < 1.29 is 8.78 Å². The van der Waals surface area contributed by atoms with Crippen LogP contribution in [-0.2, 0) is 0 Å². The molecule has 0 saturated heterocycles. The average Bonchev–Trinajstić information content (AvgIpc) is 2.76. The van der Waals surface area contributed by atoms with Crippen molar-refractivity contribution in [3.63, 3.8) is 0 Å². The van der Waals surface area contributed by atoms with Gasteiger partial charge in [0.15, 0.2) is 11.6 Å². The van der Waals surface area contributed by atoms with Crippen LogP contribution in [0.15, 0.2) is 315 Å². The van der Waals surface area contributed by atoms with Crippen molar-refractivity contribution in [3.05, 3.63) is 327 Å². The summed E-state index contributed by atoms with van der Waals surface area (Å²) in [5, 5.41) is 6.59. The van der Waals surface area contributed by atoms with E-state index in [2.05, 4.69) is 155 Å². The molecule has 14 aromatic carbocycles. The summed E-state index contributed by atoms with van der Waals surface area (Å²) in [6.07, 6.45) is 0. The van der Waals surface area contributed by atoms with Gasteiger partial charge in [-0.15, -0.1) is 11.3 Å². The minimum absolute atomic E-state index is 0.318. The number of nitrogens with zero attached hydrogens (tertiary/aromatic N) is 2. The molecule has 402 valence electrons. The van der Waals surface area contributed by atoms with E-state index in [1.165, 1.54) is 0 Å². The lowest BCUT2D eigenvalue weighted by Crippen LogP contribution is -2.14. The number of halogens is 2. The number of fused-ring (bicyclic) bond motifs is 8. The van der Waals surface area contributed by atoms with Gasteiger partial charge in [-0.3, -0.25) is 0 Å². The van der Waals surface area contributed by atoms with Crippen LogP contribution in [0.5, 0.6) is 0 Å². The van der Waals surface area contributed by atoms with Gasteiger partial charge in [-0.05, 0) is 121 Å². The average molecular weight is 1110 g/mol. The van der Waals surface area contributed by atoms with E-state index in [-0.39, 0.29) is 11.6 Å². The van der Waals surface area contributed by atoms with Gasteiger partial charge in [0.2, 0.25) is 0 Å². The SMILES string of the molecule is Fc1c(-c2ccccc2)cc(-c2ccccc2)cc1N(c1ccc2c(c1)sc1c3ccc(N(c4ccccc4-c4ccccc4)c4cc(-c5ccccc5)cc(-c5ccccc5)c4F)cc3c3ccccc3c21)c1ccccc1-c1ccccc1. The van der Waals surface area contributed by atoms with E-state index >= 15 is 8.78 Å². The second-order valence-corrected chi connectivity index (χ2v) is 22.4. The number of para-hydroxylation sites is 2. The molecule has 15 aromatic rings. The van der Waals surface area contributed by atoms with Gasteiger partial charge in [0.25, 0.3) is 0 Å². The van der Waals surface area contributed by atoms with E-state index in [1.807, 2.05) is 170 Å². The fraction of sp³-hybridized carbons (Fsp3) is 0. The van der Waals surface area contributed by atoms with Gasteiger partial charge in [0.1, 0.15) is 0 Å². The molecule has 0 spiro atoms.